The van der Waals surface area contributed by atoms with Crippen LogP contribution < -0.4 is 0 Å². The number of aromatic nitrogens is 6. The topological polar surface area (TPSA) is 102 Å². The molecule has 31 heavy (non-hydrogen) atoms. The molecule has 1 fully saturated rings. The number of benzene rings is 1. The van der Waals surface area contributed by atoms with Gasteiger partial charge in [0.1, 0.15) is 24.4 Å². The van der Waals surface area contributed by atoms with Crippen molar-refractivity contribution in [3.8, 4) is 5.69 Å². The van der Waals surface area contributed by atoms with Crippen LogP contribution in [0.4, 0.5) is 4.39 Å². The van der Waals surface area contributed by atoms with Gasteiger partial charge in [0.15, 0.2) is 5.69 Å². The maximum atomic E-state index is 14.4. The zero-order valence-electron chi connectivity index (χ0n) is 16.8. The summed E-state index contributed by atoms with van der Waals surface area (Å²) < 4.78 is 17.3. The number of fused-ring (bicyclic) bond motifs is 1. The van der Waals surface area contributed by atoms with E-state index in [-0.39, 0.29) is 24.2 Å². The summed E-state index contributed by atoms with van der Waals surface area (Å²) in [6.45, 7) is 1.77. The fourth-order valence-corrected chi connectivity index (χ4v) is 4.23. The van der Waals surface area contributed by atoms with Gasteiger partial charge in [0, 0.05) is 37.4 Å². The molecule has 1 aliphatic heterocycles. The first-order valence-electron chi connectivity index (χ1n) is 10.3. The van der Waals surface area contributed by atoms with Crippen LogP contribution in [0, 0.1) is 5.82 Å². The van der Waals surface area contributed by atoms with Crippen LogP contribution in [-0.4, -0.2) is 77.8 Å². The number of hydrogen-bond donors (Lipinski definition) is 0. The highest BCUT2D eigenvalue weighted by molar-refractivity contribution is 5.94. The Morgan fingerprint density at radius 2 is 1.81 bits per heavy atom. The first-order valence-corrected chi connectivity index (χ1v) is 10.3. The Hall–Kier alpha value is -3.63. The summed E-state index contributed by atoms with van der Waals surface area (Å²) in [6, 6.07) is 6.46. The number of amides is 2. The summed E-state index contributed by atoms with van der Waals surface area (Å²) in [5.41, 5.74) is 2.57. The molecule has 3 aromatic rings. The Bertz CT molecular complexity index is 1120. The van der Waals surface area contributed by atoms with Gasteiger partial charge in [0.2, 0.25) is 5.91 Å². The summed E-state index contributed by atoms with van der Waals surface area (Å²) in [4.78, 5) is 29.1. The Labute approximate surface area is 177 Å². The van der Waals surface area contributed by atoms with E-state index >= 15 is 0 Å². The van der Waals surface area contributed by atoms with E-state index in [1.807, 2.05) is 0 Å². The second-order valence-corrected chi connectivity index (χ2v) is 7.67. The van der Waals surface area contributed by atoms with Gasteiger partial charge in [-0.1, -0.05) is 12.1 Å². The van der Waals surface area contributed by atoms with Crippen molar-refractivity contribution >= 4 is 11.8 Å². The molecule has 10 nitrogen and oxygen atoms in total. The molecule has 0 atom stereocenters. The minimum atomic E-state index is -0.367. The molecule has 0 bridgehead atoms. The van der Waals surface area contributed by atoms with Crippen LogP contribution >= 0.6 is 0 Å². The van der Waals surface area contributed by atoms with Crippen LogP contribution in [0.5, 0.6) is 0 Å². The number of hydrogen-bond acceptors (Lipinski definition) is 6. The van der Waals surface area contributed by atoms with Gasteiger partial charge in [-0.05, 0) is 41.8 Å². The monoisotopic (exact) mass is 424 g/mol. The van der Waals surface area contributed by atoms with E-state index < -0.39 is 0 Å². The van der Waals surface area contributed by atoms with Crippen molar-refractivity contribution in [2.45, 2.75) is 25.8 Å². The zero-order valence-corrected chi connectivity index (χ0v) is 16.8. The summed E-state index contributed by atoms with van der Waals surface area (Å²) >= 11 is 0. The highest BCUT2D eigenvalue weighted by Gasteiger charge is 2.32. The molecule has 5 rings (SSSR count). The van der Waals surface area contributed by atoms with Crippen molar-refractivity contribution in [2.75, 3.05) is 26.2 Å². The minimum Gasteiger partial charge on any atom is -0.338 e. The summed E-state index contributed by atoms with van der Waals surface area (Å²) in [6.07, 6.45) is 3.84. The van der Waals surface area contributed by atoms with E-state index in [1.54, 1.807) is 32.7 Å². The van der Waals surface area contributed by atoms with E-state index in [0.717, 1.165) is 30.5 Å². The van der Waals surface area contributed by atoms with Gasteiger partial charge in [-0.2, -0.15) is 5.10 Å². The van der Waals surface area contributed by atoms with Crippen molar-refractivity contribution < 1.29 is 14.0 Å². The molecule has 3 heterocycles. The standard InChI is InChI=1S/C20H21FN8O2/c21-15-5-1-2-6-17(15)29-16-7-3-4-14(16)19(23-29)20(31)27-10-8-26(9-11-27)18(30)12-28-13-22-24-25-28/h1-2,5-6,13H,3-4,7-12H2. The lowest BCUT2D eigenvalue weighted by atomic mass is 10.1. The van der Waals surface area contributed by atoms with E-state index in [9.17, 15) is 14.0 Å². The molecular weight excluding hydrogens is 403 g/mol. The molecule has 0 radical (unpaired) electrons. The van der Waals surface area contributed by atoms with Gasteiger partial charge in [-0.15, -0.1) is 5.10 Å². The molecule has 2 amide bonds. The minimum absolute atomic E-state index is 0.0709. The molecule has 160 valence electrons. The number of carbonyl (C=O) groups excluding carboxylic acids is 2. The average Bonchev–Trinajstić information content (AvgIpc) is 3.52. The molecule has 0 spiro atoms. The zero-order chi connectivity index (χ0) is 21.4. The smallest absolute Gasteiger partial charge is 0.274 e. The third-order valence-corrected chi connectivity index (χ3v) is 5.82. The molecule has 1 aliphatic carbocycles. The number of piperazine rings is 1. The normalized spacial score (nSPS) is 15.9. The van der Waals surface area contributed by atoms with Crippen molar-refractivity contribution in [2.24, 2.45) is 0 Å². The third-order valence-electron chi connectivity index (χ3n) is 5.82. The van der Waals surface area contributed by atoms with Crippen LogP contribution in [0.15, 0.2) is 30.6 Å². The lowest BCUT2D eigenvalue weighted by molar-refractivity contribution is -0.133. The number of para-hydroxylation sites is 1. The highest BCUT2D eigenvalue weighted by Crippen LogP contribution is 2.29. The molecule has 1 saturated heterocycles. The molecule has 2 aliphatic rings. The van der Waals surface area contributed by atoms with Gasteiger partial charge in [0.25, 0.3) is 5.91 Å². The van der Waals surface area contributed by atoms with Gasteiger partial charge in [-0.3, -0.25) is 9.59 Å². The Balaban J connectivity index is 1.31. The van der Waals surface area contributed by atoms with Crippen LogP contribution in [0.2, 0.25) is 0 Å². The van der Waals surface area contributed by atoms with E-state index in [2.05, 4.69) is 20.6 Å². The first-order chi connectivity index (χ1) is 15.1. The summed E-state index contributed by atoms with van der Waals surface area (Å²) in [5.74, 6) is -0.627. The fraction of sp³-hybridized carbons (Fsp3) is 0.400. The van der Waals surface area contributed by atoms with Crippen LogP contribution in [0.3, 0.4) is 0 Å². The van der Waals surface area contributed by atoms with Gasteiger partial charge in [0.05, 0.1) is 0 Å². The van der Waals surface area contributed by atoms with Crippen molar-refractivity contribution in [1.82, 2.24) is 39.8 Å². The van der Waals surface area contributed by atoms with E-state index in [1.165, 1.54) is 17.1 Å². The Kier molecular flexibility index (Phi) is 4.92. The average molecular weight is 424 g/mol. The van der Waals surface area contributed by atoms with E-state index in [4.69, 9.17) is 0 Å². The number of rotatable bonds is 4. The van der Waals surface area contributed by atoms with Gasteiger partial charge >= 0.3 is 0 Å². The highest BCUT2D eigenvalue weighted by atomic mass is 19.1. The molecule has 0 unspecified atom stereocenters. The number of carbonyl (C=O) groups is 2. The molecule has 2 aromatic heterocycles. The number of tetrazole rings is 1. The van der Waals surface area contributed by atoms with Gasteiger partial charge < -0.3 is 9.80 Å². The fourth-order valence-electron chi connectivity index (χ4n) is 4.23. The van der Waals surface area contributed by atoms with Crippen molar-refractivity contribution in [3.63, 3.8) is 0 Å². The molecule has 0 N–H and O–H groups in total. The SMILES string of the molecule is O=C(Cn1cnnn1)N1CCN(C(=O)c2nn(-c3ccccc3F)c3c2CCC3)CC1. The van der Waals surface area contributed by atoms with Gasteiger partial charge in [-0.25, -0.2) is 13.8 Å². The summed E-state index contributed by atoms with van der Waals surface area (Å²) in [5, 5.41) is 15.3. The van der Waals surface area contributed by atoms with Crippen LogP contribution in [0.1, 0.15) is 28.2 Å². The maximum Gasteiger partial charge on any atom is 0.274 e. The first kappa shape index (κ1) is 19.3. The lowest BCUT2D eigenvalue weighted by Gasteiger charge is -2.34. The summed E-state index contributed by atoms with van der Waals surface area (Å²) in [7, 11) is 0. The third kappa shape index (κ3) is 3.56. The largest absolute Gasteiger partial charge is 0.338 e. The maximum absolute atomic E-state index is 14.4. The van der Waals surface area contributed by atoms with Crippen molar-refractivity contribution in [3.05, 3.63) is 53.4 Å². The molecule has 1 aromatic carbocycles. The quantitative estimate of drug-likeness (QED) is 0.604. The predicted octanol–water partition coefficient (Wildman–Crippen LogP) is 0.471. The second-order valence-electron chi connectivity index (χ2n) is 7.67. The number of halogens is 1. The molecule has 11 heteroatoms. The predicted molar refractivity (Wildman–Crippen MR) is 106 cm³/mol. The van der Waals surface area contributed by atoms with Crippen molar-refractivity contribution in [1.29, 1.82) is 0 Å². The Morgan fingerprint density at radius 3 is 2.55 bits per heavy atom. The number of nitrogens with zero attached hydrogens (tertiary/aromatic N) is 8. The van der Waals surface area contributed by atoms with Crippen LogP contribution in [-0.2, 0) is 24.2 Å². The molecule has 0 saturated carbocycles. The van der Waals surface area contributed by atoms with Crippen LogP contribution in [0.25, 0.3) is 5.69 Å². The lowest BCUT2D eigenvalue weighted by Crippen LogP contribution is -2.51. The van der Waals surface area contributed by atoms with E-state index in [0.29, 0.717) is 37.6 Å². The Morgan fingerprint density at radius 1 is 1.03 bits per heavy atom. The second kappa shape index (κ2) is 7.89. The molecular formula is C20H21FN8O2.